The second-order valence-corrected chi connectivity index (χ2v) is 5.70. The zero-order chi connectivity index (χ0) is 14.8. The Bertz CT molecular complexity index is 448. The Kier molecular flexibility index (Phi) is 4.55. The summed E-state index contributed by atoms with van der Waals surface area (Å²) in [5.41, 5.74) is -0.878. The molecule has 1 aliphatic rings. The zero-order valence-electron chi connectivity index (χ0n) is 11.4. The number of rotatable bonds is 3. The van der Waals surface area contributed by atoms with E-state index in [9.17, 15) is 17.6 Å². The number of halogens is 4. The van der Waals surface area contributed by atoms with E-state index in [2.05, 4.69) is 12.2 Å². The molecule has 0 amide bonds. The summed E-state index contributed by atoms with van der Waals surface area (Å²) in [6.45, 7) is 2.87. The third-order valence-corrected chi connectivity index (χ3v) is 4.00. The first-order valence-corrected chi connectivity index (χ1v) is 6.97. The minimum Gasteiger partial charge on any atom is -0.385 e. The number of alkyl halides is 3. The van der Waals surface area contributed by atoms with Gasteiger partial charge in [0.15, 0.2) is 0 Å². The molecule has 0 bridgehead atoms. The van der Waals surface area contributed by atoms with Gasteiger partial charge in [0.05, 0.1) is 5.56 Å². The van der Waals surface area contributed by atoms with Gasteiger partial charge in [-0.15, -0.1) is 0 Å². The van der Waals surface area contributed by atoms with Crippen molar-refractivity contribution in [3.63, 3.8) is 0 Å². The fourth-order valence-corrected chi connectivity index (χ4v) is 2.65. The molecule has 20 heavy (non-hydrogen) atoms. The van der Waals surface area contributed by atoms with Crippen LogP contribution < -0.4 is 5.32 Å². The van der Waals surface area contributed by atoms with E-state index in [-0.39, 0.29) is 0 Å². The first kappa shape index (κ1) is 15.1. The lowest BCUT2D eigenvalue weighted by atomic mass is 9.83. The lowest BCUT2D eigenvalue weighted by Crippen LogP contribution is -2.20. The zero-order valence-corrected chi connectivity index (χ0v) is 11.4. The molecule has 0 spiro atoms. The van der Waals surface area contributed by atoms with Crippen LogP contribution in [0, 0.1) is 17.7 Å². The molecule has 2 rings (SSSR count). The third kappa shape index (κ3) is 3.87. The van der Waals surface area contributed by atoms with Gasteiger partial charge in [-0.2, -0.15) is 13.2 Å². The summed E-state index contributed by atoms with van der Waals surface area (Å²) in [6, 6.07) is 3.07. The van der Waals surface area contributed by atoms with E-state index in [1.54, 1.807) is 0 Å². The molecule has 1 aromatic carbocycles. The fraction of sp³-hybridized carbons (Fsp3) is 0.600. The molecule has 0 radical (unpaired) electrons. The monoisotopic (exact) mass is 289 g/mol. The van der Waals surface area contributed by atoms with Crippen LogP contribution in [0.1, 0.15) is 38.2 Å². The molecule has 0 saturated heterocycles. The summed E-state index contributed by atoms with van der Waals surface area (Å²) in [7, 11) is 0. The van der Waals surface area contributed by atoms with Crippen LogP contribution in [0.2, 0.25) is 0 Å². The van der Waals surface area contributed by atoms with E-state index < -0.39 is 17.6 Å². The van der Waals surface area contributed by atoms with Gasteiger partial charge in [-0.3, -0.25) is 0 Å². The molecular weight excluding hydrogens is 270 g/mol. The van der Waals surface area contributed by atoms with Crippen LogP contribution in [-0.2, 0) is 6.18 Å². The van der Waals surface area contributed by atoms with Crippen LogP contribution in [0.3, 0.4) is 0 Å². The van der Waals surface area contributed by atoms with E-state index in [1.807, 2.05) is 0 Å². The van der Waals surface area contributed by atoms with Crippen LogP contribution >= 0.6 is 0 Å². The summed E-state index contributed by atoms with van der Waals surface area (Å²) < 4.78 is 51.0. The van der Waals surface area contributed by atoms with Crippen LogP contribution in [0.25, 0.3) is 0 Å². The standard InChI is InChI=1S/C15H19F4N/c1-10-2-4-11(5-3-10)9-20-12-6-7-14(16)13(8-12)15(17,18)19/h6-8,10-11,20H,2-5,9H2,1H3. The first-order valence-electron chi connectivity index (χ1n) is 6.97. The maximum atomic E-state index is 13.2. The number of nitrogens with one attached hydrogen (secondary N) is 1. The maximum Gasteiger partial charge on any atom is 0.419 e. The predicted octanol–water partition coefficient (Wildman–Crippen LogP) is 5.08. The quantitative estimate of drug-likeness (QED) is 0.765. The molecule has 0 aliphatic heterocycles. The highest BCUT2D eigenvalue weighted by atomic mass is 19.4. The average molecular weight is 289 g/mol. The van der Waals surface area contributed by atoms with Gasteiger partial charge in [0.1, 0.15) is 5.82 Å². The Hall–Kier alpha value is -1.26. The SMILES string of the molecule is CC1CCC(CNc2ccc(F)c(C(F)(F)F)c2)CC1. The van der Waals surface area contributed by atoms with Crippen molar-refractivity contribution in [3.8, 4) is 0 Å². The van der Waals surface area contributed by atoms with Gasteiger partial charge >= 0.3 is 6.18 Å². The molecule has 5 heteroatoms. The summed E-state index contributed by atoms with van der Waals surface area (Å²) >= 11 is 0. The first-order chi connectivity index (χ1) is 9.36. The van der Waals surface area contributed by atoms with E-state index in [4.69, 9.17) is 0 Å². The van der Waals surface area contributed by atoms with Crippen molar-refractivity contribution < 1.29 is 17.6 Å². The van der Waals surface area contributed by atoms with Crippen molar-refractivity contribution >= 4 is 5.69 Å². The van der Waals surface area contributed by atoms with E-state index in [0.29, 0.717) is 18.2 Å². The molecule has 1 aliphatic carbocycles. The third-order valence-electron chi connectivity index (χ3n) is 4.00. The highest BCUT2D eigenvalue weighted by Gasteiger charge is 2.34. The molecule has 1 saturated carbocycles. The van der Waals surface area contributed by atoms with Crippen LogP contribution in [-0.4, -0.2) is 6.54 Å². The highest BCUT2D eigenvalue weighted by molar-refractivity contribution is 5.47. The Morgan fingerprint density at radius 2 is 1.80 bits per heavy atom. The van der Waals surface area contributed by atoms with E-state index in [0.717, 1.165) is 30.9 Å². The molecule has 1 aromatic rings. The lowest BCUT2D eigenvalue weighted by molar-refractivity contribution is -0.139. The summed E-state index contributed by atoms with van der Waals surface area (Å²) in [6.07, 6.45) is -0.113. The highest BCUT2D eigenvalue weighted by Crippen LogP contribution is 2.33. The summed E-state index contributed by atoms with van der Waals surface area (Å²) in [5.74, 6) is 0.00836. The van der Waals surface area contributed by atoms with Gasteiger partial charge in [-0.25, -0.2) is 4.39 Å². The number of hydrogen-bond donors (Lipinski definition) is 1. The van der Waals surface area contributed by atoms with Gasteiger partial charge < -0.3 is 5.32 Å². The van der Waals surface area contributed by atoms with Crippen LogP contribution in [0.5, 0.6) is 0 Å². The van der Waals surface area contributed by atoms with Gasteiger partial charge in [0.25, 0.3) is 0 Å². The molecule has 1 nitrogen and oxygen atoms in total. The normalized spacial score (nSPS) is 23.6. The Morgan fingerprint density at radius 1 is 1.15 bits per heavy atom. The largest absolute Gasteiger partial charge is 0.419 e. The van der Waals surface area contributed by atoms with Crippen molar-refractivity contribution in [2.24, 2.45) is 11.8 Å². The molecule has 0 heterocycles. The molecular formula is C15H19F4N. The van der Waals surface area contributed by atoms with E-state index >= 15 is 0 Å². The van der Waals surface area contributed by atoms with Crippen molar-refractivity contribution in [1.29, 1.82) is 0 Å². The minimum atomic E-state index is -4.65. The summed E-state index contributed by atoms with van der Waals surface area (Å²) in [4.78, 5) is 0. The van der Waals surface area contributed by atoms with Crippen LogP contribution in [0.4, 0.5) is 23.2 Å². The van der Waals surface area contributed by atoms with Crippen molar-refractivity contribution in [2.45, 2.75) is 38.8 Å². The predicted molar refractivity (Wildman–Crippen MR) is 71.0 cm³/mol. The molecule has 0 unspecified atom stereocenters. The second kappa shape index (κ2) is 6.02. The van der Waals surface area contributed by atoms with Gasteiger partial charge in [0.2, 0.25) is 0 Å². The van der Waals surface area contributed by atoms with Crippen molar-refractivity contribution in [1.82, 2.24) is 0 Å². The Labute approximate surface area is 116 Å². The number of benzene rings is 1. The van der Waals surface area contributed by atoms with Gasteiger partial charge in [0, 0.05) is 12.2 Å². The van der Waals surface area contributed by atoms with E-state index in [1.165, 1.54) is 18.9 Å². The average Bonchev–Trinajstić information content (AvgIpc) is 2.38. The lowest BCUT2D eigenvalue weighted by Gasteiger charge is -2.26. The van der Waals surface area contributed by atoms with Crippen molar-refractivity contribution in [3.05, 3.63) is 29.6 Å². The molecule has 1 N–H and O–H groups in total. The Morgan fingerprint density at radius 3 is 2.40 bits per heavy atom. The second-order valence-electron chi connectivity index (χ2n) is 5.70. The number of hydrogen-bond acceptors (Lipinski definition) is 1. The maximum absolute atomic E-state index is 13.2. The minimum absolute atomic E-state index is 0.331. The smallest absolute Gasteiger partial charge is 0.385 e. The number of anilines is 1. The molecule has 1 fully saturated rings. The van der Waals surface area contributed by atoms with Gasteiger partial charge in [-0.05, 0) is 42.9 Å². The fourth-order valence-electron chi connectivity index (χ4n) is 2.65. The molecule has 0 aromatic heterocycles. The topological polar surface area (TPSA) is 12.0 Å². The van der Waals surface area contributed by atoms with Crippen molar-refractivity contribution in [2.75, 3.05) is 11.9 Å². The Balaban J connectivity index is 1.96. The molecule has 0 atom stereocenters. The van der Waals surface area contributed by atoms with Gasteiger partial charge in [-0.1, -0.05) is 19.8 Å². The molecule has 112 valence electrons. The van der Waals surface area contributed by atoms with Crippen LogP contribution in [0.15, 0.2) is 18.2 Å². The summed E-state index contributed by atoms with van der Waals surface area (Å²) in [5, 5.41) is 3.00.